The van der Waals surface area contributed by atoms with Gasteiger partial charge in [0.2, 0.25) is 0 Å². The molecule has 17 heavy (non-hydrogen) atoms. The Balaban J connectivity index is 3.17. The van der Waals surface area contributed by atoms with Crippen LogP contribution in [0.2, 0.25) is 0 Å². The van der Waals surface area contributed by atoms with E-state index >= 15 is 0 Å². The van der Waals surface area contributed by atoms with Crippen molar-refractivity contribution in [3.05, 3.63) is 42.0 Å². The minimum absolute atomic E-state index is 0.00157. The van der Waals surface area contributed by atoms with E-state index in [4.69, 9.17) is 0 Å². The molecule has 0 heterocycles. The minimum atomic E-state index is -3.16. The van der Waals surface area contributed by atoms with Gasteiger partial charge in [-0.3, -0.25) is 0 Å². The Hall–Kier alpha value is -1.13. The van der Waals surface area contributed by atoms with Gasteiger partial charge in [-0.2, -0.15) is 0 Å². The summed E-state index contributed by atoms with van der Waals surface area (Å²) in [5.41, 5.74) is 1.90. The summed E-state index contributed by atoms with van der Waals surface area (Å²) in [6.45, 7) is 8.68. The van der Waals surface area contributed by atoms with E-state index in [1.165, 1.54) is 6.26 Å². The molecule has 1 aromatic rings. The summed E-state index contributed by atoms with van der Waals surface area (Å²) in [6, 6.07) is 6.99. The van der Waals surface area contributed by atoms with Crippen LogP contribution in [0.15, 0.2) is 41.3 Å². The van der Waals surface area contributed by atoms with Gasteiger partial charge in [-0.05, 0) is 31.2 Å². The molecule has 0 saturated heterocycles. The highest BCUT2D eigenvalue weighted by Gasteiger charge is 2.14. The quantitative estimate of drug-likeness (QED) is 0.819. The fourth-order valence-corrected chi connectivity index (χ4v) is 2.38. The molecule has 0 aliphatic rings. The monoisotopic (exact) mass is 253 g/mol. The number of likely N-dealkylation sites (N-methyl/N-ethyl adjacent to an activating group) is 1. The first-order valence-electron chi connectivity index (χ1n) is 5.55. The highest BCUT2D eigenvalue weighted by Crippen LogP contribution is 2.22. The third kappa shape index (κ3) is 3.68. The van der Waals surface area contributed by atoms with Crippen LogP contribution < -0.4 is 5.32 Å². The van der Waals surface area contributed by atoms with Crippen molar-refractivity contribution in [2.75, 3.05) is 12.8 Å². The summed E-state index contributed by atoms with van der Waals surface area (Å²) in [6.07, 6.45) is 1.22. The van der Waals surface area contributed by atoms with Crippen molar-refractivity contribution in [3.8, 4) is 0 Å². The largest absolute Gasteiger partial charge is 0.307 e. The van der Waals surface area contributed by atoms with Gasteiger partial charge >= 0.3 is 0 Å². The van der Waals surface area contributed by atoms with Crippen LogP contribution in [0, 0.1) is 0 Å². The van der Waals surface area contributed by atoms with E-state index in [1.807, 2.05) is 19.9 Å². The lowest BCUT2D eigenvalue weighted by Gasteiger charge is -2.19. The van der Waals surface area contributed by atoms with E-state index in [2.05, 4.69) is 11.9 Å². The van der Waals surface area contributed by atoms with E-state index in [0.29, 0.717) is 4.90 Å². The van der Waals surface area contributed by atoms with Crippen molar-refractivity contribution in [1.29, 1.82) is 0 Å². The second kappa shape index (κ2) is 5.47. The third-order valence-corrected chi connectivity index (χ3v) is 3.63. The second-order valence-corrected chi connectivity index (χ2v) is 6.20. The van der Waals surface area contributed by atoms with Gasteiger partial charge in [0.1, 0.15) is 0 Å². The molecule has 0 bridgehead atoms. The maximum absolute atomic E-state index is 11.5. The molecule has 0 saturated carbocycles. The SMILES string of the molecule is C=C(C)C(NCC)c1cccc(S(C)(=O)=O)c1. The smallest absolute Gasteiger partial charge is 0.175 e. The van der Waals surface area contributed by atoms with Gasteiger partial charge < -0.3 is 5.32 Å². The lowest BCUT2D eigenvalue weighted by atomic mass is 10.0. The summed E-state index contributed by atoms with van der Waals surface area (Å²) in [4.78, 5) is 0.346. The van der Waals surface area contributed by atoms with Crippen molar-refractivity contribution in [2.24, 2.45) is 0 Å². The predicted octanol–water partition coefficient (Wildman–Crippen LogP) is 2.32. The molecule has 3 nitrogen and oxygen atoms in total. The van der Waals surface area contributed by atoms with Crippen LogP contribution in [-0.2, 0) is 9.84 Å². The number of hydrogen-bond donors (Lipinski definition) is 1. The van der Waals surface area contributed by atoms with Crippen LogP contribution in [0.1, 0.15) is 25.5 Å². The van der Waals surface area contributed by atoms with E-state index < -0.39 is 9.84 Å². The first-order chi connectivity index (χ1) is 7.86. The lowest BCUT2D eigenvalue weighted by molar-refractivity contribution is 0.599. The Morgan fingerprint density at radius 2 is 2.12 bits per heavy atom. The molecule has 1 rings (SSSR count). The number of sulfone groups is 1. The van der Waals surface area contributed by atoms with Gasteiger partial charge in [0.15, 0.2) is 9.84 Å². The summed E-state index contributed by atoms with van der Waals surface area (Å²) < 4.78 is 23.0. The first kappa shape index (κ1) is 13.9. The Morgan fingerprint density at radius 3 is 2.59 bits per heavy atom. The van der Waals surface area contributed by atoms with Crippen molar-refractivity contribution in [2.45, 2.75) is 24.8 Å². The zero-order valence-electron chi connectivity index (χ0n) is 10.5. The lowest BCUT2D eigenvalue weighted by Crippen LogP contribution is -2.21. The molecule has 0 fully saturated rings. The van der Waals surface area contributed by atoms with Gasteiger partial charge in [-0.15, -0.1) is 0 Å². The summed E-state index contributed by atoms with van der Waals surface area (Å²) in [5.74, 6) is 0. The van der Waals surface area contributed by atoms with E-state index in [9.17, 15) is 8.42 Å². The van der Waals surface area contributed by atoms with Gasteiger partial charge in [-0.25, -0.2) is 8.42 Å². The summed E-state index contributed by atoms with van der Waals surface area (Å²) in [5, 5.41) is 3.28. The number of rotatable bonds is 5. The van der Waals surface area contributed by atoms with Crippen LogP contribution >= 0.6 is 0 Å². The zero-order valence-corrected chi connectivity index (χ0v) is 11.3. The molecule has 1 N–H and O–H groups in total. The second-order valence-electron chi connectivity index (χ2n) is 4.18. The van der Waals surface area contributed by atoms with Crippen LogP contribution in [0.3, 0.4) is 0 Å². The molecular formula is C13H19NO2S. The Labute approximate surface area is 103 Å². The Morgan fingerprint density at radius 1 is 1.47 bits per heavy atom. The molecule has 1 unspecified atom stereocenters. The fourth-order valence-electron chi connectivity index (χ4n) is 1.71. The van der Waals surface area contributed by atoms with E-state index in [1.54, 1.807) is 18.2 Å². The van der Waals surface area contributed by atoms with Gasteiger partial charge in [0.05, 0.1) is 10.9 Å². The zero-order chi connectivity index (χ0) is 13.1. The Kier molecular flexibility index (Phi) is 4.48. The molecule has 1 atom stereocenters. The molecule has 0 amide bonds. The third-order valence-electron chi connectivity index (χ3n) is 2.52. The number of benzene rings is 1. The van der Waals surface area contributed by atoms with Crippen LogP contribution in [0.4, 0.5) is 0 Å². The molecule has 0 spiro atoms. The maximum Gasteiger partial charge on any atom is 0.175 e. The standard InChI is InChI=1S/C13H19NO2S/c1-5-14-13(10(2)3)11-7-6-8-12(9-11)17(4,15)16/h6-9,13-14H,2,5H2,1,3-4H3. The summed E-state index contributed by atoms with van der Waals surface area (Å²) >= 11 is 0. The van der Waals surface area contributed by atoms with Gasteiger partial charge in [0, 0.05) is 6.26 Å². The maximum atomic E-state index is 11.5. The molecule has 0 aliphatic heterocycles. The molecule has 0 aliphatic carbocycles. The van der Waals surface area contributed by atoms with Crippen molar-refractivity contribution < 1.29 is 8.42 Å². The summed E-state index contributed by atoms with van der Waals surface area (Å²) in [7, 11) is -3.16. The minimum Gasteiger partial charge on any atom is -0.307 e. The van der Waals surface area contributed by atoms with Gasteiger partial charge in [0.25, 0.3) is 0 Å². The van der Waals surface area contributed by atoms with Crippen LogP contribution in [0.5, 0.6) is 0 Å². The average Bonchev–Trinajstić information content (AvgIpc) is 2.24. The normalized spacial score (nSPS) is 13.4. The highest BCUT2D eigenvalue weighted by atomic mass is 32.2. The van der Waals surface area contributed by atoms with Crippen molar-refractivity contribution >= 4 is 9.84 Å². The fraction of sp³-hybridized carbons (Fsp3) is 0.385. The molecular weight excluding hydrogens is 234 g/mol. The average molecular weight is 253 g/mol. The van der Waals surface area contributed by atoms with Crippen molar-refractivity contribution in [3.63, 3.8) is 0 Å². The van der Waals surface area contributed by atoms with Crippen molar-refractivity contribution in [1.82, 2.24) is 5.32 Å². The highest BCUT2D eigenvalue weighted by molar-refractivity contribution is 7.90. The molecule has 4 heteroatoms. The molecule has 0 radical (unpaired) electrons. The number of nitrogens with one attached hydrogen (secondary N) is 1. The predicted molar refractivity (Wildman–Crippen MR) is 70.8 cm³/mol. The molecule has 0 aromatic heterocycles. The molecule has 1 aromatic carbocycles. The molecule has 94 valence electrons. The van der Waals surface area contributed by atoms with Gasteiger partial charge in [-0.1, -0.05) is 31.2 Å². The van der Waals surface area contributed by atoms with E-state index in [-0.39, 0.29) is 6.04 Å². The van der Waals surface area contributed by atoms with E-state index in [0.717, 1.165) is 17.7 Å². The van der Waals surface area contributed by atoms with Crippen LogP contribution in [0.25, 0.3) is 0 Å². The number of hydrogen-bond acceptors (Lipinski definition) is 3. The van der Waals surface area contributed by atoms with Crippen LogP contribution in [-0.4, -0.2) is 21.2 Å². The Bertz CT molecular complexity index is 506. The first-order valence-corrected chi connectivity index (χ1v) is 7.44. The topological polar surface area (TPSA) is 46.2 Å².